The number of halogens is 2. The Balaban J connectivity index is 1.85. The van der Waals surface area contributed by atoms with E-state index in [4.69, 9.17) is 16.3 Å². The van der Waals surface area contributed by atoms with Crippen molar-refractivity contribution < 1.29 is 13.9 Å². The minimum Gasteiger partial charge on any atom is -0.383 e. The molecule has 1 aromatic heterocycles. The molecule has 0 aliphatic heterocycles. The summed E-state index contributed by atoms with van der Waals surface area (Å²) >= 11 is 6.35. The third-order valence-corrected chi connectivity index (χ3v) is 4.65. The summed E-state index contributed by atoms with van der Waals surface area (Å²) in [6, 6.07) is 13.4. The van der Waals surface area contributed by atoms with Gasteiger partial charge >= 0.3 is 6.03 Å². The van der Waals surface area contributed by atoms with E-state index >= 15 is 0 Å². The van der Waals surface area contributed by atoms with Crippen molar-refractivity contribution in [3.05, 3.63) is 70.6 Å². The lowest BCUT2D eigenvalue weighted by Crippen LogP contribution is -2.37. The van der Waals surface area contributed by atoms with Gasteiger partial charge in [0.05, 0.1) is 24.4 Å². The molecular formula is C21H21ClFN3O2. The van der Waals surface area contributed by atoms with Gasteiger partial charge in [-0.2, -0.15) is 0 Å². The van der Waals surface area contributed by atoms with E-state index in [-0.39, 0.29) is 12.2 Å². The van der Waals surface area contributed by atoms with E-state index in [0.29, 0.717) is 23.9 Å². The number of benzene rings is 2. The average molecular weight is 402 g/mol. The van der Waals surface area contributed by atoms with Gasteiger partial charge in [0.25, 0.3) is 0 Å². The standard InChI is InChI=1S/C21H21ClFN3O2/c1-14-7-8-18-15(11-14)12-16(20(22)24-18)13-26(9-10-28-2)21(27)25-19-6-4-3-5-17(19)23/h3-8,11-12H,9-10,13H2,1-2H3,(H,25,27). The number of hydrogen-bond donors (Lipinski definition) is 1. The van der Waals surface area contributed by atoms with Crippen LogP contribution in [0, 0.1) is 12.7 Å². The molecule has 0 fully saturated rings. The van der Waals surface area contributed by atoms with Crippen LogP contribution < -0.4 is 5.32 Å². The first kappa shape index (κ1) is 20.0. The fraction of sp³-hybridized carbons (Fsp3) is 0.238. The molecule has 1 N–H and O–H groups in total. The first-order valence-electron chi connectivity index (χ1n) is 8.83. The Hall–Kier alpha value is -2.70. The van der Waals surface area contributed by atoms with Gasteiger partial charge in [-0.1, -0.05) is 35.4 Å². The number of carbonyl (C=O) groups is 1. The highest BCUT2D eigenvalue weighted by Gasteiger charge is 2.18. The molecule has 146 valence electrons. The van der Waals surface area contributed by atoms with Gasteiger partial charge in [-0.3, -0.25) is 0 Å². The number of nitrogens with zero attached hydrogens (tertiary/aromatic N) is 2. The highest BCUT2D eigenvalue weighted by molar-refractivity contribution is 6.30. The lowest BCUT2D eigenvalue weighted by molar-refractivity contribution is 0.152. The van der Waals surface area contributed by atoms with Crippen molar-refractivity contribution in [2.24, 2.45) is 0 Å². The molecule has 0 spiro atoms. The predicted octanol–water partition coefficient (Wildman–Crippen LogP) is 5.02. The number of methoxy groups -OCH3 is 1. The van der Waals surface area contributed by atoms with Gasteiger partial charge in [-0.05, 0) is 37.3 Å². The van der Waals surface area contributed by atoms with Gasteiger partial charge in [0.15, 0.2) is 0 Å². The van der Waals surface area contributed by atoms with E-state index in [1.807, 2.05) is 31.2 Å². The Morgan fingerprint density at radius 1 is 1.25 bits per heavy atom. The van der Waals surface area contributed by atoms with Crippen LogP contribution in [0.3, 0.4) is 0 Å². The third-order valence-electron chi connectivity index (χ3n) is 4.33. The van der Waals surface area contributed by atoms with Gasteiger partial charge in [0.1, 0.15) is 11.0 Å². The number of hydrogen-bond acceptors (Lipinski definition) is 3. The van der Waals surface area contributed by atoms with Gasteiger partial charge in [0, 0.05) is 24.6 Å². The Morgan fingerprint density at radius 2 is 2.04 bits per heavy atom. The predicted molar refractivity (Wildman–Crippen MR) is 109 cm³/mol. The molecule has 2 aromatic carbocycles. The SMILES string of the molecule is COCCN(Cc1cc2cc(C)ccc2nc1Cl)C(=O)Nc1ccccc1F. The van der Waals surface area contributed by atoms with Crippen LogP contribution in [0.1, 0.15) is 11.1 Å². The van der Waals surface area contributed by atoms with Crippen molar-refractivity contribution >= 4 is 34.2 Å². The van der Waals surface area contributed by atoms with Crippen molar-refractivity contribution in [3.63, 3.8) is 0 Å². The van der Waals surface area contributed by atoms with Crippen LogP contribution >= 0.6 is 11.6 Å². The zero-order valence-electron chi connectivity index (χ0n) is 15.7. The van der Waals surface area contributed by atoms with Gasteiger partial charge in [-0.15, -0.1) is 0 Å². The summed E-state index contributed by atoms with van der Waals surface area (Å²) in [7, 11) is 1.56. The molecule has 0 saturated carbocycles. The molecule has 28 heavy (non-hydrogen) atoms. The number of nitrogens with one attached hydrogen (secondary N) is 1. The lowest BCUT2D eigenvalue weighted by Gasteiger charge is -2.23. The Bertz CT molecular complexity index is 997. The summed E-state index contributed by atoms with van der Waals surface area (Å²) in [5.74, 6) is -0.497. The molecule has 7 heteroatoms. The van der Waals surface area contributed by atoms with E-state index in [0.717, 1.165) is 16.5 Å². The van der Waals surface area contributed by atoms with Gasteiger partial charge < -0.3 is 15.0 Å². The smallest absolute Gasteiger partial charge is 0.322 e. The molecule has 0 aliphatic rings. The molecule has 0 aliphatic carbocycles. The number of pyridine rings is 1. The number of anilines is 1. The number of rotatable bonds is 6. The number of amides is 2. The third kappa shape index (κ3) is 4.77. The van der Waals surface area contributed by atoms with E-state index in [9.17, 15) is 9.18 Å². The molecule has 1 heterocycles. The molecule has 0 radical (unpaired) electrons. The highest BCUT2D eigenvalue weighted by atomic mass is 35.5. The average Bonchev–Trinajstić information content (AvgIpc) is 2.67. The molecular weight excluding hydrogens is 381 g/mol. The fourth-order valence-electron chi connectivity index (χ4n) is 2.84. The normalized spacial score (nSPS) is 10.9. The molecule has 5 nitrogen and oxygen atoms in total. The zero-order valence-corrected chi connectivity index (χ0v) is 16.5. The first-order chi connectivity index (χ1) is 13.5. The summed E-state index contributed by atoms with van der Waals surface area (Å²) in [4.78, 5) is 18.7. The van der Waals surface area contributed by atoms with Gasteiger partial charge in [-0.25, -0.2) is 14.2 Å². The van der Waals surface area contributed by atoms with E-state index in [2.05, 4.69) is 10.3 Å². The van der Waals surface area contributed by atoms with Crippen LogP contribution in [-0.2, 0) is 11.3 Å². The molecule has 0 unspecified atom stereocenters. The number of fused-ring (bicyclic) bond motifs is 1. The van der Waals surface area contributed by atoms with Gasteiger partial charge in [0.2, 0.25) is 0 Å². The largest absolute Gasteiger partial charge is 0.383 e. The minimum absolute atomic E-state index is 0.119. The summed E-state index contributed by atoms with van der Waals surface area (Å²) in [5.41, 5.74) is 2.72. The zero-order chi connectivity index (χ0) is 20.1. The molecule has 3 aromatic rings. The van der Waals surface area contributed by atoms with Crippen molar-refractivity contribution in [3.8, 4) is 0 Å². The second-order valence-corrected chi connectivity index (χ2v) is 6.82. The number of carbonyl (C=O) groups excluding carboxylic acids is 1. The number of aromatic nitrogens is 1. The number of urea groups is 1. The van der Waals surface area contributed by atoms with Crippen molar-refractivity contribution in [2.75, 3.05) is 25.6 Å². The second-order valence-electron chi connectivity index (χ2n) is 6.46. The van der Waals surface area contributed by atoms with Crippen LogP contribution in [0.5, 0.6) is 0 Å². The van der Waals surface area contributed by atoms with Crippen molar-refractivity contribution in [1.29, 1.82) is 0 Å². The Labute approximate surface area is 168 Å². The van der Waals surface area contributed by atoms with Crippen molar-refractivity contribution in [2.45, 2.75) is 13.5 Å². The summed E-state index contributed by atoms with van der Waals surface area (Å²) < 4.78 is 19.0. The maximum absolute atomic E-state index is 13.9. The molecule has 2 amide bonds. The Kier molecular flexibility index (Phi) is 6.44. The first-order valence-corrected chi connectivity index (χ1v) is 9.21. The van der Waals surface area contributed by atoms with Crippen molar-refractivity contribution in [1.82, 2.24) is 9.88 Å². The number of para-hydroxylation sites is 1. The van der Waals surface area contributed by atoms with E-state index in [1.165, 1.54) is 17.0 Å². The summed E-state index contributed by atoms with van der Waals surface area (Å²) in [6.45, 7) is 2.88. The maximum Gasteiger partial charge on any atom is 0.322 e. The highest BCUT2D eigenvalue weighted by Crippen LogP contribution is 2.23. The topological polar surface area (TPSA) is 54.5 Å². The molecule has 0 bridgehead atoms. The Morgan fingerprint density at radius 3 is 2.79 bits per heavy atom. The number of aryl methyl sites for hydroxylation is 1. The van der Waals surface area contributed by atoms with Crippen LogP contribution in [0.2, 0.25) is 5.15 Å². The minimum atomic E-state index is -0.497. The van der Waals surface area contributed by atoms with Crippen LogP contribution in [0.4, 0.5) is 14.9 Å². The monoisotopic (exact) mass is 401 g/mol. The lowest BCUT2D eigenvalue weighted by atomic mass is 10.1. The summed E-state index contributed by atoms with van der Waals surface area (Å²) in [6.07, 6.45) is 0. The van der Waals surface area contributed by atoms with Crippen LogP contribution in [-0.4, -0.2) is 36.2 Å². The fourth-order valence-corrected chi connectivity index (χ4v) is 3.05. The second kappa shape index (κ2) is 8.99. The number of ether oxygens (including phenoxy) is 1. The van der Waals surface area contributed by atoms with Crippen LogP contribution in [0.25, 0.3) is 10.9 Å². The van der Waals surface area contributed by atoms with Crippen LogP contribution in [0.15, 0.2) is 48.5 Å². The maximum atomic E-state index is 13.9. The quantitative estimate of drug-likeness (QED) is 0.590. The summed E-state index contributed by atoms with van der Waals surface area (Å²) in [5, 5.41) is 3.87. The van der Waals surface area contributed by atoms with E-state index < -0.39 is 11.8 Å². The molecule has 0 saturated heterocycles. The molecule has 3 rings (SSSR count). The molecule has 0 atom stereocenters. The van der Waals surface area contributed by atoms with E-state index in [1.54, 1.807) is 19.2 Å².